The first-order chi connectivity index (χ1) is 10.8. The van der Waals surface area contributed by atoms with E-state index in [4.69, 9.17) is 23.2 Å². The maximum Gasteiger partial charge on any atom is 0.175 e. The average Bonchev–Trinajstić information content (AvgIpc) is 2.47. The zero-order valence-electron chi connectivity index (χ0n) is 12.9. The minimum absolute atomic E-state index is 0.119. The first-order valence-electron chi connectivity index (χ1n) is 7.22. The first kappa shape index (κ1) is 16.8. The van der Waals surface area contributed by atoms with Crippen LogP contribution in [0.3, 0.4) is 0 Å². The molecule has 0 amide bonds. The molecule has 0 fully saturated rings. The van der Waals surface area contributed by atoms with Crippen molar-refractivity contribution in [2.45, 2.75) is 17.4 Å². The second kappa shape index (κ2) is 6.10. The van der Waals surface area contributed by atoms with Crippen molar-refractivity contribution in [3.8, 4) is 0 Å². The van der Waals surface area contributed by atoms with Gasteiger partial charge in [-0.1, -0.05) is 35.3 Å². The van der Waals surface area contributed by atoms with Gasteiger partial charge in [-0.2, -0.15) is 0 Å². The molecule has 0 N–H and O–H groups in total. The summed E-state index contributed by atoms with van der Waals surface area (Å²) in [6.45, 7) is 1.62. The lowest BCUT2D eigenvalue weighted by Crippen LogP contribution is -2.31. The average molecular weight is 370 g/mol. The minimum atomic E-state index is -3.19. The summed E-state index contributed by atoms with van der Waals surface area (Å²) >= 11 is 12.5. The smallest absolute Gasteiger partial charge is 0.175 e. The second-order valence-electron chi connectivity index (χ2n) is 6.05. The van der Waals surface area contributed by atoms with Crippen LogP contribution in [0.5, 0.6) is 0 Å². The summed E-state index contributed by atoms with van der Waals surface area (Å²) in [5, 5.41) is 1.30. The third kappa shape index (κ3) is 3.41. The minimum Gasteiger partial charge on any atom is -0.301 e. The lowest BCUT2D eigenvalue weighted by Gasteiger charge is -2.33. The number of sulfone groups is 1. The normalized spacial score (nSPS) is 18.7. The van der Waals surface area contributed by atoms with Crippen LogP contribution in [0.2, 0.25) is 10.0 Å². The third-order valence-corrected chi connectivity index (χ3v) is 5.89. The zero-order valence-corrected chi connectivity index (χ0v) is 15.2. The van der Waals surface area contributed by atoms with E-state index in [-0.39, 0.29) is 5.92 Å². The van der Waals surface area contributed by atoms with Crippen molar-refractivity contribution in [2.24, 2.45) is 0 Å². The van der Waals surface area contributed by atoms with Crippen LogP contribution in [-0.2, 0) is 16.4 Å². The monoisotopic (exact) mass is 369 g/mol. The van der Waals surface area contributed by atoms with Crippen LogP contribution in [0.25, 0.3) is 0 Å². The molecule has 0 unspecified atom stereocenters. The molecule has 1 atom stereocenters. The Morgan fingerprint density at radius 2 is 1.78 bits per heavy atom. The highest BCUT2D eigenvalue weighted by Crippen LogP contribution is 2.38. The summed E-state index contributed by atoms with van der Waals surface area (Å²) in [7, 11) is -1.14. The molecule has 1 aliphatic heterocycles. The van der Waals surface area contributed by atoms with E-state index in [9.17, 15) is 8.42 Å². The lowest BCUT2D eigenvalue weighted by atomic mass is 9.85. The van der Waals surface area contributed by atoms with Crippen molar-refractivity contribution >= 4 is 33.0 Å². The lowest BCUT2D eigenvalue weighted by molar-refractivity contribution is 0.295. The molecule has 0 saturated carbocycles. The predicted octanol–water partition coefficient (Wildman–Crippen LogP) is 3.97. The SMILES string of the molecule is CN1Cc2c(Cl)cc(Cl)cc2[C@H](c2ccc(S(C)(=O)=O)cc2)C1. The van der Waals surface area contributed by atoms with Crippen LogP contribution in [-0.4, -0.2) is 33.2 Å². The Morgan fingerprint density at radius 1 is 1.13 bits per heavy atom. The van der Waals surface area contributed by atoms with Crippen molar-refractivity contribution in [1.29, 1.82) is 0 Å². The van der Waals surface area contributed by atoms with E-state index in [1.54, 1.807) is 18.2 Å². The topological polar surface area (TPSA) is 37.4 Å². The van der Waals surface area contributed by atoms with Crippen LogP contribution < -0.4 is 0 Å². The Bertz CT molecular complexity index is 848. The highest BCUT2D eigenvalue weighted by Gasteiger charge is 2.27. The van der Waals surface area contributed by atoms with Crippen molar-refractivity contribution in [3.63, 3.8) is 0 Å². The number of hydrogen-bond donors (Lipinski definition) is 0. The molecule has 0 saturated heterocycles. The molecule has 1 aliphatic rings. The van der Waals surface area contributed by atoms with Crippen LogP contribution in [0, 0.1) is 0 Å². The fraction of sp³-hybridized carbons (Fsp3) is 0.294. The molecule has 0 radical (unpaired) electrons. The first-order valence-corrected chi connectivity index (χ1v) is 9.87. The zero-order chi connectivity index (χ0) is 16.8. The Morgan fingerprint density at radius 3 is 2.39 bits per heavy atom. The van der Waals surface area contributed by atoms with Crippen LogP contribution >= 0.6 is 23.2 Å². The molecule has 3 nitrogen and oxygen atoms in total. The van der Waals surface area contributed by atoms with Gasteiger partial charge in [0.2, 0.25) is 0 Å². The van der Waals surface area contributed by atoms with Gasteiger partial charge < -0.3 is 4.90 Å². The number of benzene rings is 2. The summed E-state index contributed by atoms with van der Waals surface area (Å²) < 4.78 is 23.2. The summed E-state index contributed by atoms with van der Waals surface area (Å²) in [4.78, 5) is 2.53. The number of halogens is 2. The van der Waals surface area contributed by atoms with E-state index in [2.05, 4.69) is 4.90 Å². The van der Waals surface area contributed by atoms with E-state index in [0.717, 1.165) is 29.8 Å². The van der Waals surface area contributed by atoms with Gasteiger partial charge in [-0.25, -0.2) is 8.42 Å². The van der Waals surface area contributed by atoms with Crippen molar-refractivity contribution < 1.29 is 8.42 Å². The maximum atomic E-state index is 11.6. The standard InChI is InChI=1S/C17H17Cl2NO2S/c1-20-9-15(11-3-5-13(6-4-11)23(2,21)22)14-7-12(18)8-17(19)16(14)10-20/h3-8,15H,9-10H2,1-2H3/t15-/m0/s1. The van der Waals surface area contributed by atoms with E-state index in [1.807, 2.05) is 25.2 Å². The van der Waals surface area contributed by atoms with Gasteiger partial charge in [-0.15, -0.1) is 0 Å². The van der Waals surface area contributed by atoms with Crippen LogP contribution in [0.4, 0.5) is 0 Å². The van der Waals surface area contributed by atoms with Gasteiger partial charge in [-0.3, -0.25) is 0 Å². The molecule has 3 rings (SSSR count). The number of hydrogen-bond acceptors (Lipinski definition) is 3. The van der Waals surface area contributed by atoms with E-state index >= 15 is 0 Å². The molecule has 0 bridgehead atoms. The van der Waals surface area contributed by atoms with Gasteiger partial charge in [-0.05, 0) is 48.0 Å². The van der Waals surface area contributed by atoms with Crippen LogP contribution in [0.1, 0.15) is 22.6 Å². The fourth-order valence-electron chi connectivity index (χ4n) is 3.08. The van der Waals surface area contributed by atoms with Crippen LogP contribution in [0.15, 0.2) is 41.3 Å². The van der Waals surface area contributed by atoms with Gasteiger partial charge in [0.25, 0.3) is 0 Å². The van der Waals surface area contributed by atoms with Gasteiger partial charge >= 0.3 is 0 Å². The third-order valence-electron chi connectivity index (χ3n) is 4.20. The quantitative estimate of drug-likeness (QED) is 0.803. The number of likely N-dealkylation sites (N-methyl/N-ethyl adjacent to an activating group) is 1. The van der Waals surface area contributed by atoms with Crippen molar-refractivity contribution in [2.75, 3.05) is 19.8 Å². The van der Waals surface area contributed by atoms with Gasteiger partial charge in [0.15, 0.2) is 9.84 Å². The number of fused-ring (bicyclic) bond motifs is 1. The molecule has 1 heterocycles. The number of rotatable bonds is 2. The van der Waals surface area contributed by atoms with E-state index in [1.165, 1.54) is 6.26 Å². The van der Waals surface area contributed by atoms with E-state index < -0.39 is 9.84 Å². The highest BCUT2D eigenvalue weighted by molar-refractivity contribution is 7.90. The van der Waals surface area contributed by atoms with Gasteiger partial charge in [0, 0.05) is 35.3 Å². The summed E-state index contributed by atoms with van der Waals surface area (Å²) in [5.74, 6) is 0.119. The molecule has 0 aliphatic carbocycles. The summed E-state index contributed by atoms with van der Waals surface area (Å²) in [5.41, 5.74) is 3.26. The molecule has 2 aromatic rings. The fourth-order valence-corrected chi connectivity index (χ4v) is 4.28. The molecule has 122 valence electrons. The van der Waals surface area contributed by atoms with Gasteiger partial charge in [0.1, 0.15) is 0 Å². The Balaban J connectivity index is 2.08. The largest absolute Gasteiger partial charge is 0.301 e. The van der Waals surface area contributed by atoms with Crippen molar-refractivity contribution in [3.05, 3.63) is 63.1 Å². The summed E-state index contributed by atoms with van der Waals surface area (Å²) in [6, 6.07) is 10.8. The molecule has 0 spiro atoms. The molecule has 2 aromatic carbocycles. The maximum absolute atomic E-state index is 11.6. The Hall–Kier alpha value is -1.07. The molecular formula is C17H17Cl2NO2S. The summed E-state index contributed by atoms with van der Waals surface area (Å²) in [6.07, 6.45) is 1.21. The molecular weight excluding hydrogens is 353 g/mol. The highest BCUT2D eigenvalue weighted by atomic mass is 35.5. The second-order valence-corrected chi connectivity index (χ2v) is 8.91. The Labute approximate surface area is 146 Å². The molecule has 23 heavy (non-hydrogen) atoms. The number of nitrogens with zero attached hydrogens (tertiary/aromatic N) is 1. The Kier molecular flexibility index (Phi) is 4.45. The predicted molar refractivity (Wildman–Crippen MR) is 94.2 cm³/mol. The van der Waals surface area contributed by atoms with Crippen molar-refractivity contribution in [1.82, 2.24) is 4.90 Å². The molecule has 0 aromatic heterocycles. The van der Waals surface area contributed by atoms with Gasteiger partial charge in [0.05, 0.1) is 4.90 Å². The molecule has 6 heteroatoms. The van der Waals surface area contributed by atoms with E-state index in [0.29, 0.717) is 14.9 Å².